The molecule has 0 heterocycles. The van der Waals surface area contributed by atoms with E-state index in [0.29, 0.717) is 17.1 Å². The third-order valence-corrected chi connectivity index (χ3v) is 9.65. The molecule has 218 valence electrons. The number of halogens is 1. The van der Waals surface area contributed by atoms with Crippen molar-refractivity contribution in [3.05, 3.63) is 95.0 Å². The van der Waals surface area contributed by atoms with Crippen molar-refractivity contribution < 1.29 is 18.0 Å². The molecule has 41 heavy (non-hydrogen) atoms. The number of carbonyl (C=O) groups is 2. The van der Waals surface area contributed by atoms with Gasteiger partial charge >= 0.3 is 0 Å². The second kappa shape index (κ2) is 14.0. The number of carbonyl (C=O) groups excluding carboxylic acids is 2. The number of amides is 2. The van der Waals surface area contributed by atoms with Gasteiger partial charge in [0.15, 0.2) is 0 Å². The average molecular weight is 596 g/mol. The summed E-state index contributed by atoms with van der Waals surface area (Å²) in [5, 5.41) is 3.57. The molecule has 2 amide bonds. The molecule has 1 atom stereocenters. The van der Waals surface area contributed by atoms with Gasteiger partial charge in [-0.05, 0) is 75.1 Å². The molecule has 3 aromatic carbocycles. The van der Waals surface area contributed by atoms with Crippen LogP contribution in [0.3, 0.4) is 0 Å². The lowest BCUT2D eigenvalue weighted by Gasteiger charge is -2.33. The minimum absolute atomic E-state index is 0.0739. The van der Waals surface area contributed by atoms with Crippen LogP contribution in [0.5, 0.6) is 0 Å². The number of rotatable bonds is 11. The monoisotopic (exact) mass is 595 g/mol. The van der Waals surface area contributed by atoms with E-state index in [9.17, 15) is 18.0 Å². The fourth-order valence-electron chi connectivity index (χ4n) is 5.11. The molecule has 1 N–H and O–H groups in total. The first-order valence-electron chi connectivity index (χ1n) is 14.1. The highest BCUT2D eigenvalue weighted by Gasteiger charge is 2.33. The van der Waals surface area contributed by atoms with Crippen LogP contribution in [0, 0.1) is 6.92 Å². The summed E-state index contributed by atoms with van der Waals surface area (Å²) in [5.41, 5.74) is 2.25. The van der Waals surface area contributed by atoms with E-state index in [2.05, 4.69) is 5.32 Å². The van der Waals surface area contributed by atoms with Crippen molar-refractivity contribution >= 4 is 39.1 Å². The van der Waals surface area contributed by atoms with Gasteiger partial charge in [0.2, 0.25) is 11.8 Å². The van der Waals surface area contributed by atoms with E-state index in [1.54, 1.807) is 43.3 Å². The zero-order valence-corrected chi connectivity index (χ0v) is 25.2. The molecular formula is C32H38ClN3O4S. The van der Waals surface area contributed by atoms with Crippen LogP contribution in [0.4, 0.5) is 5.69 Å². The van der Waals surface area contributed by atoms with Gasteiger partial charge in [0, 0.05) is 17.6 Å². The lowest BCUT2D eigenvalue weighted by molar-refractivity contribution is -0.139. The molecule has 0 saturated heterocycles. The highest BCUT2D eigenvalue weighted by molar-refractivity contribution is 7.92. The minimum atomic E-state index is -4.11. The number of nitrogens with one attached hydrogen (secondary N) is 1. The van der Waals surface area contributed by atoms with Gasteiger partial charge in [-0.15, -0.1) is 0 Å². The van der Waals surface area contributed by atoms with Crippen LogP contribution in [-0.2, 0) is 26.0 Å². The van der Waals surface area contributed by atoms with Crippen molar-refractivity contribution in [2.75, 3.05) is 17.4 Å². The number of anilines is 1. The Balaban J connectivity index is 1.63. The van der Waals surface area contributed by atoms with Gasteiger partial charge < -0.3 is 10.2 Å². The number of sulfonamides is 1. The Bertz CT molecular complexity index is 1410. The molecule has 3 aromatic rings. The van der Waals surface area contributed by atoms with Crippen molar-refractivity contribution in [3.63, 3.8) is 0 Å². The van der Waals surface area contributed by atoms with Crippen molar-refractivity contribution in [2.24, 2.45) is 0 Å². The Morgan fingerprint density at radius 3 is 2.20 bits per heavy atom. The fourth-order valence-corrected chi connectivity index (χ4v) is 6.65. The van der Waals surface area contributed by atoms with Gasteiger partial charge in [-0.1, -0.05) is 78.9 Å². The SMILES string of the molecule is Cc1ccc(S(=O)(=O)N(CC(=O)N(CCc2ccccc2)C(C)C(=O)NC2CCCCC2)c2ccc(Cl)cc2)cc1. The summed E-state index contributed by atoms with van der Waals surface area (Å²) < 4.78 is 28.8. The molecule has 7 nitrogen and oxygen atoms in total. The van der Waals surface area contributed by atoms with Crippen molar-refractivity contribution in [1.29, 1.82) is 0 Å². The summed E-state index contributed by atoms with van der Waals surface area (Å²) in [7, 11) is -4.11. The maximum absolute atomic E-state index is 14.0. The molecule has 9 heteroatoms. The third-order valence-electron chi connectivity index (χ3n) is 7.61. The van der Waals surface area contributed by atoms with Crippen molar-refractivity contribution in [3.8, 4) is 0 Å². The molecule has 1 aliphatic carbocycles. The molecule has 4 rings (SSSR count). The highest BCUT2D eigenvalue weighted by atomic mass is 35.5. The molecule has 0 aliphatic heterocycles. The maximum atomic E-state index is 14.0. The third kappa shape index (κ3) is 8.11. The van der Waals surface area contributed by atoms with Crippen LogP contribution in [0.2, 0.25) is 5.02 Å². The van der Waals surface area contributed by atoms with Gasteiger partial charge in [-0.3, -0.25) is 13.9 Å². The van der Waals surface area contributed by atoms with E-state index in [1.165, 1.54) is 23.5 Å². The number of hydrogen-bond donors (Lipinski definition) is 1. The smallest absolute Gasteiger partial charge is 0.264 e. The van der Waals surface area contributed by atoms with Crippen LogP contribution >= 0.6 is 11.6 Å². The minimum Gasteiger partial charge on any atom is -0.352 e. The molecular weight excluding hydrogens is 558 g/mol. The predicted molar refractivity (Wildman–Crippen MR) is 163 cm³/mol. The summed E-state index contributed by atoms with van der Waals surface area (Å²) >= 11 is 6.09. The molecule has 0 bridgehead atoms. The Morgan fingerprint density at radius 1 is 0.927 bits per heavy atom. The lowest BCUT2D eigenvalue weighted by Crippen LogP contribution is -2.53. The van der Waals surface area contributed by atoms with Gasteiger partial charge in [0.05, 0.1) is 10.6 Å². The van der Waals surface area contributed by atoms with Gasteiger partial charge in [0.25, 0.3) is 10.0 Å². The van der Waals surface area contributed by atoms with E-state index in [4.69, 9.17) is 11.6 Å². The standard InChI is InChI=1S/C32H38ClN3O4S/c1-24-13-19-30(20-14-24)41(39,40)36(29-17-15-27(33)16-18-29)23-31(37)35(22-21-26-9-5-3-6-10-26)25(2)32(38)34-28-11-7-4-8-12-28/h3,5-6,9-10,13-20,25,28H,4,7-8,11-12,21-23H2,1-2H3,(H,34,38). The second-order valence-electron chi connectivity index (χ2n) is 10.6. The topological polar surface area (TPSA) is 86.8 Å². The quantitative estimate of drug-likeness (QED) is 0.306. The van der Waals surface area contributed by atoms with Gasteiger partial charge in [-0.2, -0.15) is 0 Å². The Hall–Kier alpha value is -3.36. The zero-order chi connectivity index (χ0) is 29.4. The van der Waals surface area contributed by atoms with Crippen LogP contribution in [0.15, 0.2) is 83.8 Å². The summed E-state index contributed by atoms with van der Waals surface area (Å²) in [4.78, 5) is 28.9. The average Bonchev–Trinajstić information content (AvgIpc) is 2.97. The second-order valence-corrected chi connectivity index (χ2v) is 12.9. The summed E-state index contributed by atoms with van der Waals surface area (Å²) in [5.74, 6) is -0.685. The van der Waals surface area contributed by atoms with Crippen LogP contribution < -0.4 is 9.62 Å². The highest BCUT2D eigenvalue weighted by Crippen LogP contribution is 2.26. The lowest BCUT2D eigenvalue weighted by atomic mass is 9.95. The molecule has 1 fully saturated rings. The Labute approximate surface area is 248 Å². The van der Waals surface area contributed by atoms with E-state index < -0.39 is 28.5 Å². The number of nitrogens with zero attached hydrogens (tertiary/aromatic N) is 2. The molecule has 1 saturated carbocycles. The van der Waals surface area contributed by atoms with Gasteiger partial charge in [-0.25, -0.2) is 8.42 Å². The van der Waals surface area contributed by atoms with Crippen LogP contribution in [0.1, 0.15) is 50.2 Å². The largest absolute Gasteiger partial charge is 0.352 e. The molecule has 0 aromatic heterocycles. The molecule has 0 radical (unpaired) electrons. The first kappa shape index (κ1) is 30.6. The van der Waals surface area contributed by atoms with Gasteiger partial charge in [0.1, 0.15) is 12.6 Å². The van der Waals surface area contributed by atoms with E-state index in [-0.39, 0.29) is 23.4 Å². The fraction of sp³-hybridized carbons (Fsp3) is 0.375. The first-order chi connectivity index (χ1) is 19.6. The summed E-state index contributed by atoms with van der Waals surface area (Å²) in [6, 6.07) is 21.9. The summed E-state index contributed by atoms with van der Waals surface area (Å²) in [6.07, 6.45) is 5.69. The number of hydrogen-bond acceptors (Lipinski definition) is 4. The van der Waals surface area contributed by atoms with Crippen LogP contribution in [0.25, 0.3) is 0 Å². The van der Waals surface area contributed by atoms with Crippen molar-refractivity contribution in [1.82, 2.24) is 10.2 Å². The predicted octanol–water partition coefficient (Wildman–Crippen LogP) is 5.75. The van der Waals surface area contributed by atoms with E-state index in [0.717, 1.165) is 41.1 Å². The maximum Gasteiger partial charge on any atom is 0.264 e. The van der Waals surface area contributed by atoms with Crippen molar-refractivity contribution in [2.45, 2.75) is 69.4 Å². The Morgan fingerprint density at radius 2 is 1.56 bits per heavy atom. The van der Waals surface area contributed by atoms with Crippen LogP contribution in [-0.4, -0.2) is 50.3 Å². The zero-order valence-electron chi connectivity index (χ0n) is 23.6. The summed E-state index contributed by atoms with van der Waals surface area (Å²) in [6.45, 7) is 3.39. The molecule has 1 unspecified atom stereocenters. The molecule has 1 aliphatic rings. The van der Waals surface area contributed by atoms with E-state index >= 15 is 0 Å². The normalized spacial score (nSPS) is 14.7. The van der Waals surface area contributed by atoms with E-state index in [1.807, 2.05) is 37.3 Å². The Kier molecular flexibility index (Phi) is 10.5. The molecule has 0 spiro atoms. The number of aryl methyl sites for hydroxylation is 1. The first-order valence-corrected chi connectivity index (χ1v) is 16.0. The number of benzene rings is 3.